The van der Waals surface area contributed by atoms with Crippen LogP contribution in [-0.4, -0.2) is 13.1 Å². The zero-order chi connectivity index (χ0) is 12.3. The number of nitrogens with zero attached hydrogens (tertiary/aromatic N) is 3. The number of thiophene rings is 1. The molecular formula is C12H14N4S. The molecule has 0 spiro atoms. The predicted molar refractivity (Wildman–Crippen MR) is 68.8 cm³/mol. The molecule has 0 amide bonds. The first-order valence-corrected chi connectivity index (χ1v) is 6.57. The van der Waals surface area contributed by atoms with E-state index in [0.29, 0.717) is 16.1 Å². The molecular weight excluding hydrogens is 232 g/mol. The van der Waals surface area contributed by atoms with Crippen LogP contribution in [0.25, 0.3) is 0 Å². The van der Waals surface area contributed by atoms with Crippen molar-refractivity contribution in [3.63, 3.8) is 0 Å². The summed E-state index contributed by atoms with van der Waals surface area (Å²) in [6.07, 6.45) is 4.77. The number of nitriles is 2. The normalized spacial score (nSPS) is 16.0. The van der Waals surface area contributed by atoms with E-state index in [2.05, 4.69) is 17.0 Å². The second kappa shape index (κ2) is 5.07. The Labute approximate surface area is 105 Å². The molecule has 5 heteroatoms. The van der Waals surface area contributed by atoms with Gasteiger partial charge in [0, 0.05) is 13.1 Å². The summed E-state index contributed by atoms with van der Waals surface area (Å²) in [4.78, 5) is 2.66. The van der Waals surface area contributed by atoms with Crippen molar-refractivity contribution in [1.82, 2.24) is 0 Å². The van der Waals surface area contributed by atoms with Crippen molar-refractivity contribution in [1.29, 1.82) is 10.5 Å². The molecule has 1 aromatic heterocycles. The minimum atomic E-state index is 0.347. The molecule has 0 atom stereocenters. The van der Waals surface area contributed by atoms with E-state index >= 15 is 0 Å². The van der Waals surface area contributed by atoms with Crippen molar-refractivity contribution in [2.45, 2.75) is 25.7 Å². The fraction of sp³-hybridized carbons (Fsp3) is 0.500. The van der Waals surface area contributed by atoms with Crippen molar-refractivity contribution in [3.05, 3.63) is 10.4 Å². The maximum Gasteiger partial charge on any atom is 0.131 e. The predicted octanol–water partition coefficient (Wildman–Crippen LogP) is 2.45. The van der Waals surface area contributed by atoms with Gasteiger partial charge < -0.3 is 10.6 Å². The van der Waals surface area contributed by atoms with Crippen molar-refractivity contribution in [3.8, 4) is 12.1 Å². The summed E-state index contributed by atoms with van der Waals surface area (Å²) in [7, 11) is 0. The highest BCUT2D eigenvalue weighted by atomic mass is 32.1. The standard InChI is InChI=1S/C12H14N4S/c13-7-9-11(15)10(8-14)17-12(9)16-5-3-1-2-4-6-16/h1-6,15H2. The van der Waals surface area contributed by atoms with E-state index in [9.17, 15) is 0 Å². The first-order chi connectivity index (χ1) is 8.27. The van der Waals surface area contributed by atoms with Crippen LogP contribution < -0.4 is 10.6 Å². The third-order valence-corrected chi connectivity index (χ3v) is 4.20. The third kappa shape index (κ3) is 2.20. The fourth-order valence-corrected chi connectivity index (χ4v) is 3.14. The van der Waals surface area contributed by atoms with E-state index in [1.807, 2.05) is 0 Å². The Kier molecular flexibility index (Phi) is 3.51. The van der Waals surface area contributed by atoms with E-state index in [0.717, 1.165) is 30.9 Å². The zero-order valence-corrected chi connectivity index (χ0v) is 10.4. The Hall–Kier alpha value is -1.72. The number of hydrogen-bond donors (Lipinski definition) is 1. The topological polar surface area (TPSA) is 76.8 Å². The van der Waals surface area contributed by atoms with E-state index in [1.165, 1.54) is 24.2 Å². The fourth-order valence-electron chi connectivity index (χ4n) is 2.12. The van der Waals surface area contributed by atoms with E-state index in [1.54, 1.807) is 0 Å². The summed E-state index contributed by atoms with van der Waals surface area (Å²) in [5.74, 6) is 0. The highest BCUT2D eigenvalue weighted by Crippen LogP contribution is 2.38. The lowest BCUT2D eigenvalue weighted by atomic mass is 10.2. The Morgan fingerprint density at radius 1 is 1.06 bits per heavy atom. The minimum absolute atomic E-state index is 0.347. The molecule has 17 heavy (non-hydrogen) atoms. The van der Waals surface area contributed by atoms with Gasteiger partial charge in [0.05, 0.1) is 5.69 Å². The number of nitrogen functional groups attached to an aromatic ring is 1. The van der Waals surface area contributed by atoms with Crippen molar-refractivity contribution < 1.29 is 0 Å². The Bertz CT molecular complexity index is 484. The smallest absolute Gasteiger partial charge is 0.131 e. The van der Waals surface area contributed by atoms with Crippen LogP contribution in [0.5, 0.6) is 0 Å². The van der Waals surface area contributed by atoms with Gasteiger partial charge in [0.2, 0.25) is 0 Å². The van der Waals surface area contributed by atoms with Crippen molar-refractivity contribution in [2.75, 3.05) is 23.7 Å². The first kappa shape index (κ1) is 11.8. The lowest BCUT2D eigenvalue weighted by Crippen LogP contribution is -2.23. The molecule has 1 fully saturated rings. The molecule has 2 rings (SSSR count). The van der Waals surface area contributed by atoms with Gasteiger partial charge in [-0.1, -0.05) is 12.8 Å². The van der Waals surface area contributed by atoms with E-state index in [4.69, 9.17) is 16.3 Å². The van der Waals surface area contributed by atoms with Crippen LogP contribution in [-0.2, 0) is 0 Å². The minimum Gasteiger partial charge on any atom is -0.396 e. The van der Waals surface area contributed by atoms with Gasteiger partial charge in [0.1, 0.15) is 27.6 Å². The first-order valence-electron chi connectivity index (χ1n) is 5.75. The molecule has 0 aliphatic carbocycles. The average molecular weight is 246 g/mol. The van der Waals surface area contributed by atoms with Crippen LogP contribution in [0.3, 0.4) is 0 Å². The summed E-state index contributed by atoms with van der Waals surface area (Å²) in [5, 5.41) is 19.0. The summed E-state index contributed by atoms with van der Waals surface area (Å²) < 4.78 is 0. The van der Waals surface area contributed by atoms with Crippen LogP contribution in [0.15, 0.2) is 0 Å². The summed E-state index contributed by atoms with van der Waals surface area (Å²) in [6, 6.07) is 4.19. The summed E-state index contributed by atoms with van der Waals surface area (Å²) in [6.45, 7) is 1.92. The maximum atomic E-state index is 9.15. The molecule has 0 unspecified atom stereocenters. The number of nitrogens with two attached hydrogens (primary N) is 1. The largest absolute Gasteiger partial charge is 0.396 e. The molecule has 88 valence electrons. The van der Waals surface area contributed by atoms with Gasteiger partial charge in [-0.3, -0.25) is 0 Å². The van der Waals surface area contributed by atoms with Gasteiger partial charge in [0.25, 0.3) is 0 Å². The van der Waals surface area contributed by atoms with Gasteiger partial charge in [-0.05, 0) is 12.8 Å². The van der Waals surface area contributed by atoms with Gasteiger partial charge >= 0.3 is 0 Å². The quantitative estimate of drug-likeness (QED) is 0.825. The highest BCUT2D eigenvalue weighted by Gasteiger charge is 2.21. The molecule has 1 saturated heterocycles. The Morgan fingerprint density at radius 3 is 2.24 bits per heavy atom. The molecule has 0 radical (unpaired) electrons. The Balaban J connectivity index is 2.37. The lowest BCUT2D eigenvalue weighted by Gasteiger charge is -2.20. The van der Waals surface area contributed by atoms with Crippen LogP contribution in [0.1, 0.15) is 36.1 Å². The molecule has 2 heterocycles. The van der Waals surface area contributed by atoms with E-state index in [-0.39, 0.29) is 0 Å². The molecule has 1 aromatic rings. The summed E-state index contributed by atoms with van der Waals surface area (Å²) >= 11 is 1.34. The number of hydrogen-bond acceptors (Lipinski definition) is 5. The monoisotopic (exact) mass is 246 g/mol. The zero-order valence-electron chi connectivity index (χ0n) is 9.57. The molecule has 0 aromatic carbocycles. The molecule has 0 saturated carbocycles. The second-order valence-electron chi connectivity index (χ2n) is 4.15. The SMILES string of the molecule is N#Cc1sc(N2CCCCCC2)c(C#N)c1N. The van der Waals surface area contributed by atoms with Gasteiger partial charge in [-0.25, -0.2) is 0 Å². The Morgan fingerprint density at radius 2 is 1.71 bits per heavy atom. The average Bonchev–Trinajstić information content (AvgIpc) is 2.55. The van der Waals surface area contributed by atoms with Gasteiger partial charge in [-0.2, -0.15) is 10.5 Å². The van der Waals surface area contributed by atoms with Crippen LogP contribution in [0.4, 0.5) is 10.7 Å². The molecule has 1 aliphatic rings. The number of rotatable bonds is 1. The molecule has 2 N–H and O–H groups in total. The van der Waals surface area contributed by atoms with Crippen LogP contribution in [0.2, 0.25) is 0 Å². The second-order valence-corrected chi connectivity index (χ2v) is 5.15. The molecule has 1 aliphatic heterocycles. The van der Waals surface area contributed by atoms with Crippen molar-refractivity contribution >= 4 is 22.0 Å². The van der Waals surface area contributed by atoms with Gasteiger partial charge in [-0.15, -0.1) is 11.3 Å². The van der Waals surface area contributed by atoms with Crippen LogP contribution in [0, 0.1) is 22.7 Å². The maximum absolute atomic E-state index is 9.15. The third-order valence-electron chi connectivity index (χ3n) is 3.03. The molecule has 0 bridgehead atoms. The van der Waals surface area contributed by atoms with E-state index < -0.39 is 0 Å². The van der Waals surface area contributed by atoms with Crippen molar-refractivity contribution in [2.24, 2.45) is 0 Å². The number of anilines is 2. The highest BCUT2D eigenvalue weighted by molar-refractivity contribution is 7.17. The lowest BCUT2D eigenvalue weighted by molar-refractivity contribution is 0.726. The summed E-state index contributed by atoms with van der Waals surface area (Å²) in [5.41, 5.74) is 6.64. The van der Waals surface area contributed by atoms with Gasteiger partial charge in [0.15, 0.2) is 0 Å². The molecule has 4 nitrogen and oxygen atoms in total. The van der Waals surface area contributed by atoms with Crippen LogP contribution >= 0.6 is 11.3 Å².